The largest absolute Gasteiger partial charge is 0.507 e. The van der Waals surface area contributed by atoms with Gasteiger partial charge in [0.25, 0.3) is 5.91 Å². The van der Waals surface area contributed by atoms with Crippen LogP contribution in [-0.4, -0.2) is 16.0 Å². The lowest BCUT2D eigenvalue weighted by Crippen LogP contribution is -2.41. The van der Waals surface area contributed by atoms with Gasteiger partial charge in [-0.05, 0) is 44.2 Å². The summed E-state index contributed by atoms with van der Waals surface area (Å²) in [6.45, 7) is 3.41. The van der Waals surface area contributed by atoms with Gasteiger partial charge in [0, 0.05) is 6.20 Å². The van der Waals surface area contributed by atoms with Crippen molar-refractivity contribution in [1.82, 2.24) is 10.3 Å². The molecule has 0 fully saturated rings. The van der Waals surface area contributed by atoms with E-state index in [1.165, 1.54) is 0 Å². The van der Waals surface area contributed by atoms with Gasteiger partial charge >= 0.3 is 6.18 Å². The molecule has 1 amide bonds. The molecule has 122 valence electrons. The molecule has 2 rings (SSSR count). The number of halogens is 3. The molecule has 0 bridgehead atoms. The summed E-state index contributed by atoms with van der Waals surface area (Å²) in [6.07, 6.45) is -3.02. The van der Waals surface area contributed by atoms with E-state index in [9.17, 15) is 23.1 Å². The van der Waals surface area contributed by atoms with E-state index in [-0.39, 0.29) is 5.56 Å². The number of alkyl halides is 3. The molecule has 2 N–H and O–H groups in total. The second-order valence-electron chi connectivity index (χ2n) is 5.52. The van der Waals surface area contributed by atoms with Crippen LogP contribution in [0.15, 0.2) is 42.6 Å². The topological polar surface area (TPSA) is 62.2 Å². The number of hydrogen-bond donors (Lipinski definition) is 2. The molecule has 0 aliphatic rings. The molecule has 0 aliphatic heterocycles. The first-order valence-electron chi connectivity index (χ1n) is 6.75. The number of phenolic OH excluding ortho intramolecular Hbond substituents is 1. The molecule has 0 radical (unpaired) electrons. The maximum Gasteiger partial charge on any atom is 0.416 e. The Labute approximate surface area is 131 Å². The van der Waals surface area contributed by atoms with E-state index in [0.717, 1.165) is 12.1 Å². The molecule has 1 aromatic heterocycles. The van der Waals surface area contributed by atoms with Crippen LogP contribution < -0.4 is 5.32 Å². The average Bonchev–Trinajstić information content (AvgIpc) is 2.46. The van der Waals surface area contributed by atoms with E-state index in [4.69, 9.17) is 0 Å². The van der Waals surface area contributed by atoms with Gasteiger partial charge in [-0.15, -0.1) is 0 Å². The highest BCUT2D eigenvalue weighted by molar-refractivity contribution is 5.97. The van der Waals surface area contributed by atoms with Gasteiger partial charge in [-0.3, -0.25) is 9.78 Å². The number of carbonyl (C=O) groups excluding carboxylic acids is 1. The van der Waals surface area contributed by atoms with Crippen LogP contribution in [0.4, 0.5) is 13.2 Å². The Morgan fingerprint density at radius 3 is 2.39 bits per heavy atom. The Hall–Kier alpha value is -2.57. The van der Waals surface area contributed by atoms with Crippen molar-refractivity contribution in [1.29, 1.82) is 0 Å². The SMILES string of the molecule is CC(C)(NC(=O)c1ccc(C(F)(F)F)cc1O)c1ccccn1. The summed E-state index contributed by atoms with van der Waals surface area (Å²) in [5.41, 5.74) is -1.52. The number of aromatic nitrogens is 1. The number of amides is 1. The second-order valence-corrected chi connectivity index (χ2v) is 5.52. The quantitative estimate of drug-likeness (QED) is 0.909. The van der Waals surface area contributed by atoms with Gasteiger partial charge in [-0.2, -0.15) is 13.2 Å². The smallest absolute Gasteiger partial charge is 0.416 e. The highest BCUT2D eigenvalue weighted by Gasteiger charge is 2.32. The molecule has 2 aromatic rings. The number of benzene rings is 1. The van der Waals surface area contributed by atoms with Crippen LogP contribution in [0.1, 0.15) is 35.5 Å². The fourth-order valence-corrected chi connectivity index (χ4v) is 2.05. The Bertz CT molecular complexity index is 713. The molecule has 0 atom stereocenters. The Morgan fingerprint density at radius 2 is 1.87 bits per heavy atom. The van der Waals surface area contributed by atoms with Crippen molar-refractivity contribution in [2.24, 2.45) is 0 Å². The van der Waals surface area contributed by atoms with Crippen LogP contribution >= 0.6 is 0 Å². The van der Waals surface area contributed by atoms with Crippen LogP contribution in [0.2, 0.25) is 0 Å². The minimum Gasteiger partial charge on any atom is -0.507 e. The maximum atomic E-state index is 12.6. The highest BCUT2D eigenvalue weighted by atomic mass is 19.4. The number of aromatic hydroxyl groups is 1. The van der Waals surface area contributed by atoms with E-state index >= 15 is 0 Å². The summed E-state index contributed by atoms with van der Waals surface area (Å²) < 4.78 is 37.7. The van der Waals surface area contributed by atoms with Crippen molar-refractivity contribution in [3.63, 3.8) is 0 Å². The normalized spacial score (nSPS) is 12.0. The number of pyridine rings is 1. The minimum absolute atomic E-state index is 0.234. The molecule has 1 aromatic carbocycles. The molecule has 4 nitrogen and oxygen atoms in total. The molecular weight excluding hydrogens is 309 g/mol. The van der Waals surface area contributed by atoms with Crippen LogP contribution in [0, 0.1) is 0 Å². The third kappa shape index (κ3) is 3.80. The van der Waals surface area contributed by atoms with Crippen LogP contribution in [0.5, 0.6) is 5.75 Å². The Kier molecular flexibility index (Phi) is 4.31. The zero-order valence-electron chi connectivity index (χ0n) is 12.5. The third-order valence-electron chi connectivity index (χ3n) is 3.30. The number of carbonyl (C=O) groups is 1. The van der Waals surface area contributed by atoms with Crippen LogP contribution in [-0.2, 0) is 11.7 Å². The van der Waals surface area contributed by atoms with Gasteiger partial charge in [0.1, 0.15) is 5.75 Å². The first-order valence-corrected chi connectivity index (χ1v) is 6.75. The number of phenols is 1. The molecule has 0 saturated carbocycles. The van der Waals surface area contributed by atoms with Crippen molar-refractivity contribution in [3.05, 3.63) is 59.4 Å². The van der Waals surface area contributed by atoms with Gasteiger partial charge in [-0.1, -0.05) is 6.07 Å². The van der Waals surface area contributed by atoms with Gasteiger partial charge in [0.05, 0.1) is 22.4 Å². The number of hydrogen-bond acceptors (Lipinski definition) is 3. The van der Waals surface area contributed by atoms with E-state index in [1.54, 1.807) is 38.2 Å². The third-order valence-corrected chi connectivity index (χ3v) is 3.30. The van der Waals surface area contributed by atoms with Crippen molar-refractivity contribution in [2.45, 2.75) is 25.6 Å². The first-order chi connectivity index (χ1) is 10.6. The lowest BCUT2D eigenvalue weighted by Gasteiger charge is -2.26. The van der Waals surface area contributed by atoms with E-state index in [2.05, 4.69) is 10.3 Å². The van der Waals surface area contributed by atoms with Crippen molar-refractivity contribution in [3.8, 4) is 5.75 Å². The monoisotopic (exact) mass is 324 g/mol. The number of rotatable bonds is 3. The van der Waals surface area contributed by atoms with Gasteiger partial charge in [0.2, 0.25) is 0 Å². The maximum absolute atomic E-state index is 12.6. The summed E-state index contributed by atoms with van der Waals surface area (Å²) in [6, 6.07) is 7.43. The first kappa shape index (κ1) is 16.8. The summed E-state index contributed by atoms with van der Waals surface area (Å²) >= 11 is 0. The molecule has 7 heteroatoms. The standard InChI is InChI=1S/C16H15F3N2O2/c1-15(2,13-5-3-4-8-20-13)21-14(23)11-7-6-10(9-12(11)22)16(17,18)19/h3-9,22H,1-2H3,(H,21,23). The van der Waals surface area contributed by atoms with E-state index in [0.29, 0.717) is 11.8 Å². The fraction of sp³-hybridized carbons (Fsp3) is 0.250. The predicted octanol–water partition coefficient (Wildman–Crippen LogP) is 3.47. The molecule has 0 saturated heterocycles. The van der Waals surface area contributed by atoms with Gasteiger partial charge in [0.15, 0.2) is 0 Å². The lowest BCUT2D eigenvalue weighted by molar-refractivity contribution is -0.137. The second kappa shape index (κ2) is 5.91. The molecule has 0 spiro atoms. The number of nitrogens with zero attached hydrogens (tertiary/aromatic N) is 1. The van der Waals surface area contributed by atoms with Gasteiger partial charge in [-0.25, -0.2) is 0 Å². The summed E-state index contributed by atoms with van der Waals surface area (Å²) in [5, 5.41) is 12.4. The van der Waals surface area contributed by atoms with Crippen LogP contribution in [0.3, 0.4) is 0 Å². The lowest BCUT2D eigenvalue weighted by atomic mass is 9.98. The molecular formula is C16H15F3N2O2. The molecule has 0 unspecified atom stereocenters. The van der Waals surface area contributed by atoms with Crippen LogP contribution in [0.25, 0.3) is 0 Å². The zero-order chi connectivity index (χ0) is 17.3. The van der Waals surface area contributed by atoms with E-state index < -0.39 is 28.9 Å². The average molecular weight is 324 g/mol. The van der Waals surface area contributed by atoms with Gasteiger partial charge < -0.3 is 10.4 Å². The minimum atomic E-state index is -4.58. The zero-order valence-corrected chi connectivity index (χ0v) is 12.5. The Morgan fingerprint density at radius 1 is 1.17 bits per heavy atom. The van der Waals surface area contributed by atoms with Crippen molar-refractivity contribution >= 4 is 5.91 Å². The number of nitrogens with one attached hydrogen (secondary N) is 1. The molecule has 0 aliphatic carbocycles. The Balaban J connectivity index is 2.25. The molecule has 1 heterocycles. The van der Waals surface area contributed by atoms with E-state index in [1.807, 2.05) is 0 Å². The summed E-state index contributed by atoms with van der Waals surface area (Å²) in [5.74, 6) is -1.42. The summed E-state index contributed by atoms with van der Waals surface area (Å²) in [4.78, 5) is 16.4. The predicted molar refractivity (Wildman–Crippen MR) is 77.8 cm³/mol. The van der Waals surface area contributed by atoms with Crippen molar-refractivity contribution in [2.75, 3.05) is 0 Å². The molecule has 23 heavy (non-hydrogen) atoms. The summed E-state index contributed by atoms with van der Waals surface area (Å²) in [7, 11) is 0. The van der Waals surface area contributed by atoms with Crippen molar-refractivity contribution < 1.29 is 23.1 Å². The highest BCUT2D eigenvalue weighted by Crippen LogP contribution is 2.33. The fourth-order valence-electron chi connectivity index (χ4n) is 2.05.